The van der Waals surface area contributed by atoms with E-state index in [-0.39, 0.29) is 6.61 Å². The standard InChI is InChI=1S/C18H38Cl2O6SSi2/c1-8-10-12-28(4,5)23-14-15-16(26-29(6,7)13-11-9-2)18(19,20)17(24-15)25-27(3,21)22/h15-17H,8-14H2,1-7H3/t15-,16-,17-/m1/s1. The van der Waals surface area contributed by atoms with Crippen molar-refractivity contribution in [2.75, 3.05) is 12.9 Å². The molecule has 0 bridgehead atoms. The summed E-state index contributed by atoms with van der Waals surface area (Å²) in [6.07, 6.45) is 2.61. The van der Waals surface area contributed by atoms with Gasteiger partial charge in [0.15, 0.2) is 21.0 Å². The number of ether oxygens (including phenoxy) is 1. The molecule has 1 rings (SSSR count). The Morgan fingerprint density at radius 2 is 1.52 bits per heavy atom. The molecule has 0 unspecified atom stereocenters. The summed E-state index contributed by atoms with van der Waals surface area (Å²) < 4.78 is 45.3. The normalized spacial score (nSPS) is 25.5. The van der Waals surface area contributed by atoms with E-state index < -0.39 is 49.6 Å². The molecule has 3 atom stereocenters. The quantitative estimate of drug-likeness (QED) is 0.191. The van der Waals surface area contributed by atoms with E-state index in [1.807, 2.05) is 0 Å². The van der Waals surface area contributed by atoms with Crippen molar-refractivity contribution in [2.24, 2.45) is 0 Å². The van der Waals surface area contributed by atoms with Crippen molar-refractivity contribution < 1.29 is 26.2 Å². The molecule has 1 heterocycles. The van der Waals surface area contributed by atoms with Gasteiger partial charge in [0.2, 0.25) is 6.29 Å². The second kappa shape index (κ2) is 11.1. The molecule has 0 aromatic carbocycles. The van der Waals surface area contributed by atoms with Crippen molar-refractivity contribution in [2.45, 2.75) is 101 Å². The van der Waals surface area contributed by atoms with Gasteiger partial charge in [0.05, 0.1) is 12.9 Å². The Balaban J connectivity index is 3.01. The molecule has 0 aromatic heterocycles. The third-order valence-corrected chi connectivity index (χ3v) is 11.2. The second-order valence-electron chi connectivity index (χ2n) is 9.06. The molecule has 0 spiro atoms. The highest BCUT2D eigenvalue weighted by atomic mass is 35.5. The molecule has 1 aliphatic heterocycles. The van der Waals surface area contributed by atoms with E-state index in [1.54, 1.807) is 0 Å². The second-order valence-corrected chi connectivity index (χ2v) is 20.7. The Morgan fingerprint density at radius 1 is 1.00 bits per heavy atom. The minimum Gasteiger partial charge on any atom is -0.415 e. The van der Waals surface area contributed by atoms with Crippen molar-refractivity contribution in [3.05, 3.63) is 0 Å². The molecule has 1 aliphatic rings. The van der Waals surface area contributed by atoms with Gasteiger partial charge >= 0.3 is 0 Å². The molecule has 0 amide bonds. The average molecular weight is 510 g/mol. The molecule has 174 valence electrons. The maximum atomic E-state index is 11.7. The van der Waals surface area contributed by atoms with Crippen LogP contribution in [0.3, 0.4) is 0 Å². The lowest BCUT2D eigenvalue weighted by molar-refractivity contribution is -0.0883. The van der Waals surface area contributed by atoms with E-state index >= 15 is 0 Å². The van der Waals surface area contributed by atoms with Gasteiger partial charge in [-0.05, 0) is 38.3 Å². The van der Waals surface area contributed by atoms with Crippen molar-refractivity contribution in [3.63, 3.8) is 0 Å². The fourth-order valence-electron chi connectivity index (χ4n) is 3.22. The molecule has 1 fully saturated rings. The first-order valence-corrected chi connectivity index (χ1v) is 19.2. The van der Waals surface area contributed by atoms with Crippen molar-refractivity contribution in [1.29, 1.82) is 0 Å². The van der Waals surface area contributed by atoms with Gasteiger partial charge in [-0.3, -0.25) is 0 Å². The van der Waals surface area contributed by atoms with Crippen LogP contribution in [0.2, 0.25) is 38.3 Å². The number of halogens is 2. The molecule has 0 radical (unpaired) electrons. The van der Waals surface area contributed by atoms with Gasteiger partial charge in [-0.2, -0.15) is 8.42 Å². The zero-order chi connectivity index (χ0) is 22.5. The summed E-state index contributed by atoms with van der Waals surface area (Å²) in [5.41, 5.74) is 0. The third-order valence-electron chi connectivity index (χ3n) is 4.94. The van der Waals surface area contributed by atoms with Crippen LogP contribution in [0.1, 0.15) is 39.5 Å². The zero-order valence-corrected chi connectivity index (χ0v) is 23.1. The van der Waals surface area contributed by atoms with Crippen LogP contribution in [0.4, 0.5) is 0 Å². The minimum atomic E-state index is -3.81. The first-order valence-electron chi connectivity index (χ1n) is 10.4. The van der Waals surface area contributed by atoms with Crippen LogP contribution in [0.25, 0.3) is 0 Å². The lowest BCUT2D eigenvalue weighted by Gasteiger charge is -2.34. The molecule has 29 heavy (non-hydrogen) atoms. The highest BCUT2D eigenvalue weighted by molar-refractivity contribution is 7.86. The van der Waals surface area contributed by atoms with E-state index in [0.29, 0.717) is 0 Å². The van der Waals surface area contributed by atoms with Crippen LogP contribution in [-0.2, 0) is 27.9 Å². The number of rotatable bonds is 13. The van der Waals surface area contributed by atoms with E-state index in [4.69, 9.17) is 41.0 Å². The summed E-state index contributed by atoms with van der Waals surface area (Å²) >= 11 is 13.2. The van der Waals surface area contributed by atoms with Gasteiger partial charge in [0.1, 0.15) is 12.2 Å². The predicted molar refractivity (Wildman–Crippen MR) is 124 cm³/mol. The van der Waals surface area contributed by atoms with Crippen LogP contribution >= 0.6 is 23.2 Å². The van der Waals surface area contributed by atoms with Crippen LogP contribution in [0, 0.1) is 0 Å². The monoisotopic (exact) mass is 508 g/mol. The van der Waals surface area contributed by atoms with E-state index in [2.05, 4.69) is 40.0 Å². The zero-order valence-electron chi connectivity index (χ0n) is 18.8. The Hall–Kier alpha value is 0.804. The molecule has 0 aromatic rings. The Bertz CT molecular complexity index is 615. The molecule has 0 saturated carbocycles. The summed E-state index contributed by atoms with van der Waals surface area (Å²) in [5, 5.41) is 0. The third kappa shape index (κ3) is 9.45. The van der Waals surface area contributed by atoms with Gasteiger partial charge in [0.25, 0.3) is 10.1 Å². The molecule has 0 aliphatic carbocycles. The Kier molecular flexibility index (Phi) is 10.6. The molecule has 0 N–H and O–H groups in total. The van der Waals surface area contributed by atoms with Gasteiger partial charge in [0, 0.05) is 0 Å². The van der Waals surface area contributed by atoms with E-state index in [0.717, 1.165) is 44.0 Å². The average Bonchev–Trinajstić information content (AvgIpc) is 2.79. The van der Waals surface area contributed by atoms with Gasteiger partial charge in [-0.15, -0.1) is 0 Å². The minimum absolute atomic E-state index is 0.247. The SMILES string of the molecule is CCCC[Si](C)(C)OC[C@H]1O[C@H](OS(C)(=O)=O)C(Cl)(Cl)[C@@H]1O[Si](C)(C)CCCC. The first-order chi connectivity index (χ1) is 13.1. The van der Waals surface area contributed by atoms with Gasteiger partial charge in [-0.25, -0.2) is 4.18 Å². The summed E-state index contributed by atoms with van der Waals surface area (Å²) in [7, 11) is -7.80. The van der Waals surface area contributed by atoms with Crippen LogP contribution in [0.15, 0.2) is 0 Å². The fraction of sp³-hybridized carbons (Fsp3) is 1.00. The lowest BCUT2D eigenvalue weighted by atomic mass is 10.2. The van der Waals surface area contributed by atoms with Crippen molar-refractivity contribution in [3.8, 4) is 0 Å². The van der Waals surface area contributed by atoms with E-state index in [1.165, 1.54) is 0 Å². The summed E-state index contributed by atoms with van der Waals surface area (Å²) in [6.45, 7) is 13.1. The summed E-state index contributed by atoms with van der Waals surface area (Å²) in [5.74, 6) is 0. The van der Waals surface area contributed by atoms with Crippen molar-refractivity contribution in [1.82, 2.24) is 0 Å². The molecule has 1 saturated heterocycles. The molecule has 6 nitrogen and oxygen atoms in total. The maximum Gasteiger partial charge on any atom is 0.266 e. The smallest absolute Gasteiger partial charge is 0.266 e. The Morgan fingerprint density at radius 3 is 2.00 bits per heavy atom. The summed E-state index contributed by atoms with van der Waals surface area (Å²) in [4.78, 5) is 0. The van der Waals surface area contributed by atoms with Gasteiger partial charge < -0.3 is 13.6 Å². The van der Waals surface area contributed by atoms with Gasteiger partial charge in [-0.1, -0.05) is 62.7 Å². The largest absolute Gasteiger partial charge is 0.415 e. The first kappa shape index (κ1) is 27.8. The van der Waals surface area contributed by atoms with Crippen LogP contribution in [-0.4, -0.2) is 60.7 Å². The molecular formula is C18H38Cl2O6SSi2. The topological polar surface area (TPSA) is 71.1 Å². The Labute approximate surface area is 189 Å². The van der Waals surface area contributed by atoms with E-state index in [9.17, 15) is 8.42 Å². The number of alkyl halides is 2. The predicted octanol–water partition coefficient (Wildman–Crippen LogP) is 5.27. The molecule has 11 heteroatoms. The number of unbranched alkanes of at least 4 members (excludes halogenated alkanes) is 2. The maximum absolute atomic E-state index is 11.7. The van der Waals surface area contributed by atoms with Crippen molar-refractivity contribution >= 4 is 50.0 Å². The number of hydrogen-bond donors (Lipinski definition) is 0. The fourth-order valence-corrected chi connectivity index (χ4v) is 8.86. The molecular weight excluding hydrogens is 471 g/mol. The number of hydrogen-bond acceptors (Lipinski definition) is 6. The lowest BCUT2D eigenvalue weighted by Crippen LogP contribution is -2.49. The van der Waals surface area contributed by atoms with Crippen LogP contribution in [0.5, 0.6) is 0 Å². The highest BCUT2D eigenvalue weighted by Crippen LogP contribution is 2.45. The highest BCUT2D eigenvalue weighted by Gasteiger charge is 2.59. The summed E-state index contributed by atoms with van der Waals surface area (Å²) in [6, 6.07) is 1.99. The van der Waals surface area contributed by atoms with Crippen LogP contribution < -0.4 is 0 Å².